The van der Waals surface area contributed by atoms with E-state index in [1.54, 1.807) is 0 Å². The Morgan fingerprint density at radius 3 is 2.70 bits per heavy atom. The van der Waals surface area contributed by atoms with Gasteiger partial charge < -0.3 is 29.7 Å². The normalized spacial score (nSPS) is 12.5. The quantitative estimate of drug-likeness (QED) is 0.374. The second-order valence-corrected chi connectivity index (χ2v) is 9.71. The van der Waals surface area contributed by atoms with Crippen molar-refractivity contribution in [3.05, 3.63) is 54.2 Å². The van der Waals surface area contributed by atoms with Gasteiger partial charge in [-0.25, -0.2) is 4.98 Å². The van der Waals surface area contributed by atoms with E-state index in [9.17, 15) is 4.79 Å². The van der Waals surface area contributed by atoms with E-state index < -0.39 is 0 Å². The topological polar surface area (TPSA) is 87.5 Å². The third kappa shape index (κ3) is 5.08. The van der Waals surface area contributed by atoms with Gasteiger partial charge in [-0.2, -0.15) is 4.98 Å². The van der Waals surface area contributed by atoms with Gasteiger partial charge in [0.2, 0.25) is 17.7 Å². The molecule has 192 valence electrons. The molecule has 9 heteroatoms. The molecule has 1 aliphatic rings. The SMILES string of the molecule is CC(=O)Nc1cc(Nc2nc3c(c(-c4cn(C)c5ccccc45)n2)CCO3)ccc1N(C)CCN(C)C. The number of ether oxygens (including phenoxy) is 1. The first-order valence-corrected chi connectivity index (χ1v) is 12.4. The molecule has 37 heavy (non-hydrogen) atoms. The number of nitrogens with one attached hydrogen (secondary N) is 2. The van der Waals surface area contributed by atoms with E-state index in [2.05, 4.69) is 48.3 Å². The number of para-hydroxylation sites is 1. The van der Waals surface area contributed by atoms with Gasteiger partial charge in [-0.05, 0) is 38.4 Å². The first-order chi connectivity index (χ1) is 17.8. The molecule has 0 saturated heterocycles. The first kappa shape index (κ1) is 24.6. The molecule has 0 radical (unpaired) electrons. The van der Waals surface area contributed by atoms with Gasteiger partial charge in [0, 0.05) is 74.4 Å². The Hall–Kier alpha value is -4.11. The highest BCUT2D eigenvalue weighted by molar-refractivity contribution is 5.96. The van der Waals surface area contributed by atoms with Crippen LogP contribution in [0.4, 0.5) is 23.0 Å². The highest BCUT2D eigenvalue weighted by Crippen LogP contribution is 2.38. The molecule has 0 spiro atoms. The van der Waals surface area contributed by atoms with Crippen molar-refractivity contribution in [2.45, 2.75) is 13.3 Å². The van der Waals surface area contributed by atoms with Crippen LogP contribution in [0.3, 0.4) is 0 Å². The van der Waals surface area contributed by atoms with E-state index >= 15 is 0 Å². The summed E-state index contributed by atoms with van der Waals surface area (Å²) >= 11 is 0. The van der Waals surface area contributed by atoms with Gasteiger partial charge in [-0.1, -0.05) is 18.2 Å². The van der Waals surface area contributed by atoms with Crippen LogP contribution in [0.25, 0.3) is 22.2 Å². The molecular weight excluding hydrogens is 466 g/mol. The van der Waals surface area contributed by atoms with E-state index in [4.69, 9.17) is 9.72 Å². The highest BCUT2D eigenvalue weighted by Gasteiger charge is 2.24. The molecule has 3 heterocycles. The lowest BCUT2D eigenvalue weighted by molar-refractivity contribution is -0.114. The van der Waals surface area contributed by atoms with Crippen molar-refractivity contribution in [1.29, 1.82) is 0 Å². The molecule has 4 aromatic rings. The van der Waals surface area contributed by atoms with Crippen LogP contribution < -0.4 is 20.3 Å². The van der Waals surface area contributed by atoms with Gasteiger partial charge in [0.1, 0.15) is 0 Å². The fourth-order valence-corrected chi connectivity index (χ4v) is 4.70. The fraction of sp³-hybridized carbons (Fsp3) is 0.321. The molecule has 0 atom stereocenters. The number of anilines is 4. The zero-order valence-corrected chi connectivity index (χ0v) is 22.0. The fourth-order valence-electron chi connectivity index (χ4n) is 4.70. The molecular formula is C28H33N7O2. The van der Waals surface area contributed by atoms with Crippen LogP contribution in [-0.2, 0) is 18.3 Å². The van der Waals surface area contributed by atoms with Gasteiger partial charge in [0.15, 0.2) is 0 Å². The van der Waals surface area contributed by atoms with Crippen molar-refractivity contribution in [2.24, 2.45) is 7.05 Å². The van der Waals surface area contributed by atoms with Gasteiger partial charge in [-0.3, -0.25) is 4.79 Å². The number of likely N-dealkylation sites (N-methyl/N-ethyl adjacent to an activating group) is 2. The summed E-state index contributed by atoms with van der Waals surface area (Å²) in [6.45, 7) is 3.83. The Bertz CT molecular complexity index is 1460. The van der Waals surface area contributed by atoms with Crippen molar-refractivity contribution in [3.8, 4) is 17.1 Å². The van der Waals surface area contributed by atoms with E-state index in [0.717, 1.165) is 64.3 Å². The lowest BCUT2D eigenvalue weighted by Crippen LogP contribution is -2.29. The van der Waals surface area contributed by atoms with Crippen molar-refractivity contribution >= 4 is 39.8 Å². The molecule has 1 amide bonds. The number of hydrogen-bond acceptors (Lipinski definition) is 7. The Labute approximate surface area is 217 Å². The Balaban J connectivity index is 1.51. The smallest absolute Gasteiger partial charge is 0.231 e. The van der Waals surface area contributed by atoms with E-state index in [1.807, 2.05) is 58.5 Å². The second kappa shape index (κ2) is 10.1. The number of aromatic nitrogens is 3. The molecule has 2 aromatic carbocycles. The number of benzene rings is 2. The van der Waals surface area contributed by atoms with Crippen molar-refractivity contribution in [1.82, 2.24) is 19.4 Å². The molecule has 0 unspecified atom stereocenters. The molecule has 0 fully saturated rings. The largest absolute Gasteiger partial charge is 0.477 e. The summed E-state index contributed by atoms with van der Waals surface area (Å²) in [4.78, 5) is 25.8. The van der Waals surface area contributed by atoms with Crippen LogP contribution in [0.2, 0.25) is 0 Å². The minimum Gasteiger partial charge on any atom is -0.477 e. The molecule has 0 saturated carbocycles. The monoisotopic (exact) mass is 499 g/mol. The highest BCUT2D eigenvalue weighted by atomic mass is 16.5. The van der Waals surface area contributed by atoms with Crippen LogP contribution in [-0.4, -0.2) is 66.2 Å². The summed E-state index contributed by atoms with van der Waals surface area (Å²) in [5.74, 6) is 0.938. The van der Waals surface area contributed by atoms with Crippen molar-refractivity contribution in [2.75, 3.05) is 56.4 Å². The Kier molecular flexibility index (Phi) is 6.71. The molecule has 5 rings (SSSR count). The summed E-state index contributed by atoms with van der Waals surface area (Å²) in [6, 6.07) is 14.2. The number of carbonyl (C=O) groups is 1. The predicted molar refractivity (Wildman–Crippen MR) is 149 cm³/mol. The van der Waals surface area contributed by atoms with Crippen LogP contribution in [0.1, 0.15) is 12.5 Å². The summed E-state index contributed by atoms with van der Waals surface area (Å²) < 4.78 is 7.98. The van der Waals surface area contributed by atoms with Crippen molar-refractivity contribution in [3.63, 3.8) is 0 Å². The van der Waals surface area contributed by atoms with Gasteiger partial charge in [0.25, 0.3) is 0 Å². The Morgan fingerprint density at radius 1 is 1.11 bits per heavy atom. The van der Waals surface area contributed by atoms with Crippen LogP contribution in [0, 0.1) is 0 Å². The lowest BCUT2D eigenvalue weighted by atomic mass is 10.0. The minimum absolute atomic E-state index is 0.125. The summed E-state index contributed by atoms with van der Waals surface area (Å²) in [6.07, 6.45) is 2.89. The molecule has 0 aliphatic carbocycles. The van der Waals surface area contributed by atoms with E-state index in [0.29, 0.717) is 18.4 Å². The summed E-state index contributed by atoms with van der Waals surface area (Å²) in [5.41, 5.74) is 6.55. The average molecular weight is 500 g/mol. The first-order valence-electron chi connectivity index (χ1n) is 12.4. The molecule has 0 bridgehead atoms. The molecule has 2 aromatic heterocycles. The van der Waals surface area contributed by atoms with Gasteiger partial charge in [-0.15, -0.1) is 0 Å². The standard InChI is InChI=1S/C28H33N7O2/c1-18(36)29-23-16-19(10-11-25(23)34(4)14-13-33(2)3)30-28-31-26(21-12-15-37-27(21)32-28)22-17-35(5)24-9-7-6-8-20(22)24/h6-11,16-17H,12-15H2,1-5H3,(H,29,36)(H,30,31,32). The molecule has 2 N–H and O–H groups in total. The Morgan fingerprint density at radius 2 is 1.92 bits per heavy atom. The maximum atomic E-state index is 12.0. The number of aryl methyl sites for hydroxylation is 1. The zero-order chi connectivity index (χ0) is 26.1. The van der Waals surface area contributed by atoms with Gasteiger partial charge in [0.05, 0.1) is 23.7 Å². The minimum atomic E-state index is -0.125. The van der Waals surface area contributed by atoms with Crippen LogP contribution >= 0.6 is 0 Å². The second-order valence-electron chi connectivity index (χ2n) is 9.71. The van der Waals surface area contributed by atoms with Crippen LogP contribution in [0.15, 0.2) is 48.7 Å². The predicted octanol–water partition coefficient (Wildman–Crippen LogP) is 4.27. The summed E-state index contributed by atoms with van der Waals surface area (Å²) in [7, 11) is 8.16. The number of hydrogen-bond donors (Lipinski definition) is 2. The number of fused-ring (bicyclic) bond motifs is 2. The maximum absolute atomic E-state index is 12.0. The van der Waals surface area contributed by atoms with Gasteiger partial charge >= 0.3 is 0 Å². The van der Waals surface area contributed by atoms with Crippen LogP contribution in [0.5, 0.6) is 5.88 Å². The van der Waals surface area contributed by atoms with E-state index in [-0.39, 0.29) is 5.91 Å². The number of carbonyl (C=O) groups excluding carboxylic acids is 1. The number of rotatable bonds is 8. The maximum Gasteiger partial charge on any atom is 0.231 e. The average Bonchev–Trinajstić information content (AvgIpc) is 3.46. The number of amides is 1. The van der Waals surface area contributed by atoms with E-state index in [1.165, 1.54) is 6.92 Å². The third-order valence-corrected chi connectivity index (χ3v) is 6.57. The third-order valence-electron chi connectivity index (χ3n) is 6.57. The molecule has 9 nitrogen and oxygen atoms in total. The molecule has 1 aliphatic heterocycles. The zero-order valence-electron chi connectivity index (χ0n) is 22.0. The number of nitrogens with zero attached hydrogens (tertiary/aromatic N) is 5. The van der Waals surface area contributed by atoms with Crippen molar-refractivity contribution < 1.29 is 9.53 Å². The summed E-state index contributed by atoms with van der Waals surface area (Å²) in [5, 5.41) is 7.45. The lowest BCUT2D eigenvalue weighted by Gasteiger charge is -2.24.